The number of nitrogens with zero attached hydrogens (tertiary/aromatic N) is 2. The van der Waals surface area contributed by atoms with Crippen LogP contribution in [0.25, 0.3) is 0 Å². The Morgan fingerprint density at radius 3 is 2.92 bits per heavy atom. The van der Waals surface area contributed by atoms with Crippen molar-refractivity contribution >= 4 is 18.1 Å². The number of aromatic amines is 1. The van der Waals surface area contributed by atoms with Crippen molar-refractivity contribution in [1.29, 1.82) is 0 Å². The van der Waals surface area contributed by atoms with Gasteiger partial charge in [0, 0.05) is 19.9 Å². The summed E-state index contributed by atoms with van der Waals surface area (Å²) in [5.41, 5.74) is 4.98. The second-order valence-corrected chi connectivity index (χ2v) is 2.86. The number of amides is 1. The first-order valence-electron chi connectivity index (χ1n) is 3.50. The van der Waals surface area contributed by atoms with E-state index in [9.17, 15) is 4.79 Å². The van der Waals surface area contributed by atoms with Crippen LogP contribution in [0, 0.1) is 4.77 Å². The zero-order valence-corrected chi connectivity index (χ0v) is 7.52. The number of hydrogen-bond acceptors (Lipinski definition) is 3. The minimum absolute atomic E-state index is 0.299. The fraction of sp³-hybridized carbons (Fsp3) is 0.500. The SMILES string of the molecule is Cn1c(CCC(N)=O)n[nH]c1=S. The Balaban J connectivity index is 2.70. The molecule has 1 heterocycles. The van der Waals surface area contributed by atoms with Crippen LogP contribution in [0.15, 0.2) is 0 Å². The van der Waals surface area contributed by atoms with E-state index in [1.165, 1.54) is 0 Å². The number of aromatic nitrogens is 3. The third kappa shape index (κ3) is 1.91. The monoisotopic (exact) mass is 186 g/mol. The molecule has 6 heteroatoms. The van der Waals surface area contributed by atoms with Gasteiger partial charge >= 0.3 is 0 Å². The molecule has 66 valence electrons. The molecule has 0 bridgehead atoms. The van der Waals surface area contributed by atoms with Crippen molar-refractivity contribution in [2.45, 2.75) is 12.8 Å². The summed E-state index contributed by atoms with van der Waals surface area (Å²) in [5, 5.41) is 6.55. The minimum Gasteiger partial charge on any atom is -0.370 e. The Kier molecular flexibility index (Phi) is 2.59. The van der Waals surface area contributed by atoms with Gasteiger partial charge < -0.3 is 10.3 Å². The number of H-pyrrole nitrogens is 1. The smallest absolute Gasteiger partial charge is 0.217 e. The average Bonchev–Trinajstić information content (AvgIpc) is 2.30. The molecular weight excluding hydrogens is 176 g/mol. The lowest BCUT2D eigenvalue weighted by molar-refractivity contribution is -0.118. The lowest BCUT2D eigenvalue weighted by atomic mass is 10.3. The standard InChI is InChI=1S/C6H10N4OS/c1-10-5(3-2-4(7)11)8-9-6(10)12/h2-3H2,1H3,(H2,7,11)(H,9,12). The lowest BCUT2D eigenvalue weighted by Gasteiger charge is -1.96. The summed E-state index contributed by atoms with van der Waals surface area (Å²) in [4.78, 5) is 10.4. The first-order chi connectivity index (χ1) is 5.61. The first-order valence-corrected chi connectivity index (χ1v) is 3.90. The van der Waals surface area contributed by atoms with Crippen molar-refractivity contribution in [3.63, 3.8) is 0 Å². The number of aryl methyl sites for hydroxylation is 1. The molecule has 1 rings (SSSR count). The number of nitrogens with two attached hydrogens (primary N) is 1. The fourth-order valence-corrected chi connectivity index (χ4v) is 0.989. The van der Waals surface area contributed by atoms with Gasteiger partial charge in [0.25, 0.3) is 0 Å². The second-order valence-electron chi connectivity index (χ2n) is 2.47. The Morgan fingerprint density at radius 1 is 1.83 bits per heavy atom. The molecular formula is C6H10N4OS. The van der Waals surface area contributed by atoms with Crippen molar-refractivity contribution in [3.05, 3.63) is 10.6 Å². The predicted molar refractivity (Wildman–Crippen MR) is 45.9 cm³/mol. The van der Waals surface area contributed by atoms with Crippen LogP contribution in [0.3, 0.4) is 0 Å². The molecule has 1 amide bonds. The Hall–Kier alpha value is -1.17. The van der Waals surface area contributed by atoms with E-state index in [2.05, 4.69) is 10.2 Å². The van der Waals surface area contributed by atoms with E-state index in [1.807, 2.05) is 0 Å². The highest BCUT2D eigenvalue weighted by atomic mass is 32.1. The van der Waals surface area contributed by atoms with Gasteiger partial charge in [0.1, 0.15) is 5.82 Å². The molecule has 0 spiro atoms. The summed E-state index contributed by atoms with van der Waals surface area (Å²) >= 11 is 4.88. The quantitative estimate of drug-likeness (QED) is 0.647. The van der Waals surface area contributed by atoms with Gasteiger partial charge in [-0.1, -0.05) is 0 Å². The molecule has 0 aliphatic rings. The first kappa shape index (κ1) is 8.92. The molecule has 1 aromatic rings. The molecule has 0 atom stereocenters. The number of hydrogen-bond donors (Lipinski definition) is 2. The van der Waals surface area contributed by atoms with Gasteiger partial charge in [0.05, 0.1) is 0 Å². The Morgan fingerprint density at radius 2 is 2.50 bits per heavy atom. The molecule has 0 aliphatic carbocycles. The maximum absolute atomic E-state index is 10.4. The molecule has 0 aromatic carbocycles. The van der Waals surface area contributed by atoms with Gasteiger partial charge in [0.15, 0.2) is 4.77 Å². The normalized spacial score (nSPS) is 10.1. The van der Waals surface area contributed by atoms with Gasteiger partial charge in [-0.3, -0.25) is 9.89 Å². The highest BCUT2D eigenvalue weighted by Crippen LogP contribution is 1.97. The van der Waals surface area contributed by atoms with Crippen LogP contribution >= 0.6 is 12.2 Å². The summed E-state index contributed by atoms with van der Waals surface area (Å²) in [6.45, 7) is 0. The fourth-order valence-electron chi connectivity index (χ4n) is 0.838. The summed E-state index contributed by atoms with van der Waals surface area (Å²) in [5.74, 6) is 0.419. The van der Waals surface area contributed by atoms with Crippen LogP contribution in [-0.2, 0) is 18.3 Å². The van der Waals surface area contributed by atoms with Gasteiger partial charge in [-0.15, -0.1) is 0 Å². The van der Waals surface area contributed by atoms with E-state index in [1.54, 1.807) is 11.6 Å². The third-order valence-corrected chi connectivity index (χ3v) is 1.93. The number of primary amides is 1. The van der Waals surface area contributed by atoms with Gasteiger partial charge in [-0.25, -0.2) is 0 Å². The maximum Gasteiger partial charge on any atom is 0.217 e. The van der Waals surface area contributed by atoms with Crippen LogP contribution in [0.1, 0.15) is 12.2 Å². The molecule has 0 unspecified atom stereocenters. The van der Waals surface area contributed by atoms with Gasteiger partial charge in [-0.05, 0) is 12.2 Å². The molecule has 12 heavy (non-hydrogen) atoms. The Labute approximate surface area is 74.6 Å². The summed E-state index contributed by atoms with van der Waals surface area (Å²) < 4.78 is 2.27. The van der Waals surface area contributed by atoms with Crippen LogP contribution in [0.2, 0.25) is 0 Å². The van der Waals surface area contributed by atoms with E-state index in [0.29, 0.717) is 17.6 Å². The van der Waals surface area contributed by atoms with Crippen LogP contribution in [0.5, 0.6) is 0 Å². The molecule has 3 N–H and O–H groups in total. The zero-order chi connectivity index (χ0) is 9.14. The van der Waals surface area contributed by atoms with E-state index >= 15 is 0 Å². The molecule has 0 radical (unpaired) electrons. The average molecular weight is 186 g/mol. The van der Waals surface area contributed by atoms with Crippen molar-refractivity contribution in [2.24, 2.45) is 12.8 Å². The lowest BCUT2D eigenvalue weighted by Crippen LogP contribution is -2.12. The maximum atomic E-state index is 10.4. The number of nitrogens with one attached hydrogen (secondary N) is 1. The predicted octanol–water partition coefficient (Wildman–Crippen LogP) is -0.104. The van der Waals surface area contributed by atoms with E-state index in [-0.39, 0.29) is 5.91 Å². The highest BCUT2D eigenvalue weighted by Gasteiger charge is 2.03. The van der Waals surface area contributed by atoms with Crippen LogP contribution < -0.4 is 5.73 Å². The van der Waals surface area contributed by atoms with Crippen molar-refractivity contribution < 1.29 is 4.79 Å². The van der Waals surface area contributed by atoms with Crippen LogP contribution in [0.4, 0.5) is 0 Å². The number of rotatable bonds is 3. The molecule has 5 nitrogen and oxygen atoms in total. The highest BCUT2D eigenvalue weighted by molar-refractivity contribution is 7.71. The molecule has 0 saturated carbocycles. The molecule has 0 saturated heterocycles. The van der Waals surface area contributed by atoms with E-state index in [0.717, 1.165) is 5.82 Å². The largest absolute Gasteiger partial charge is 0.370 e. The zero-order valence-electron chi connectivity index (χ0n) is 6.70. The van der Waals surface area contributed by atoms with Crippen molar-refractivity contribution in [2.75, 3.05) is 0 Å². The number of carbonyl (C=O) groups is 1. The van der Waals surface area contributed by atoms with Crippen LogP contribution in [-0.4, -0.2) is 20.7 Å². The minimum atomic E-state index is -0.330. The van der Waals surface area contributed by atoms with E-state index in [4.69, 9.17) is 18.0 Å². The number of carbonyl (C=O) groups excluding carboxylic acids is 1. The molecule has 1 aromatic heterocycles. The molecule has 0 aliphatic heterocycles. The third-order valence-electron chi connectivity index (χ3n) is 1.57. The topological polar surface area (TPSA) is 76.7 Å². The van der Waals surface area contributed by atoms with Gasteiger partial charge in [-0.2, -0.15) is 5.10 Å². The van der Waals surface area contributed by atoms with E-state index < -0.39 is 0 Å². The summed E-state index contributed by atoms with van der Waals surface area (Å²) in [6.07, 6.45) is 0.826. The summed E-state index contributed by atoms with van der Waals surface area (Å²) in [6, 6.07) is 0. The second kappa shape index (κ2) is 3.48. The Bertz CT molecular complexity index is 340. The van der Waals surface area contributed by atoms with Crippen molar-refractivity contribution in [3.8, 4) is 0 Å². The van der Waals surface area contributed by atoms with Crippen molar-refractivity contribution in [1.82, 2.24) is 14.8 Å². The van der Waals surface area contributed by atoms with Gasteiger partial charge in [0.2, 0.25) is 5.91 Å². The molecule has 0 fully saturated rings. The summed E-state index contributed by atoms with van der Waals surface area (Å²) in [7, 11) is 1.79.